The van der Waals surface area contributed by atoms with Gasteiger partial charge in [0.1, 0.15) is 0 Å². The number of esters is 1. The summed E-state index contributed by atoms with van der Waals surface area (Å²) in [4.78, 5) is 10.4. The molecule has 0 aromatic carbocycles. The fourth-order valence-electron chi connectivity index (χ4n) is 0.639. The fourth-order valence-corrected chi connectivity index (χ4v) is 0.639. The Morgan fingerprint density at radius 2 is 2.40 bits per heavy atom. The molecule has 0 unspecified atom stereocenters. The van der Waals surface area contributed by atoms with Crippen molar-refractivity contribution < 1.29 is 9.53 Å². The number of hydrogen-bond acceptors (Lipinski definition) is 2. The first-order chi connectivity index (χ1) is 4.70. The van der Waals surface area contributed by atoms with Gasteiger partial charge in [0, 0.05) is 6.92 Å². The van der Waals surface area contributed by atoms with E-state index >= 15 is 0 Å². The van der Waals surface area contributed by atoms with Crippen molar-refractivity contribution in [3.63, 3.8) is 0 Å². The molecule has 0 aliphatic heterocycles. The van der Waals surface area contributed by atoms with Crippen LogP contribution < -0.4 is 0 Å². The standard InChI is InChI=1S/C8H12O2/c1-4-6-8(5-2)10-7(3)9/h2,8H,4,6H2,1,3H3/t8-/m0/s1. The van der Waals surface area contributed by atoms with Crippen LogP contribution in [0.3, 0.4) is 0 Å². The molecule has 2 nitrogen and oxygen atoms in total. The summed E-state index contributed by atoms with van der Waals surface area (Å²) < 4.78 is 4.76. The van der Waals surface area contributed by atoms with Crippen LogP contribution in [0.5, 0.6) is 0 Å². The maximum absolute atomic E-state index is 10.4. The van der Waals surface area contributed by atoms with E-state index in [1.165, 1.54) is 6.92 Å². The van der Waals surface area contributed by atoms with Gasteiger partial charge in [-0.3, -0.25) is 4.79 Å². The van der Waals surface area contributed by atoms with Crippen molar-refractivity contribution in [2.75, 3.05) is 0 Å². The van der Waals surface area contributed by atoms with Crippen molar-refractivity contribution in [3.05, 3.63) is 0 Å². The second-order valence-electron chi connectivity index (χ2n) is 2.05. The smallest absolute Gasteiger partial charge is 0.303 e. The molecule has 0 radical (unpaired) electrons. The molecule has 0 aliphatic rings. The lowest BCUT2D eigenvalue weighted by Crippen LogP contribution is -2.13. The van der Waals surface area contributed by atoms with E-state index in [1.54, 1.807) is 0 Å². The summed E-state index contributed by atoms with van der Waals surface area (Å²) in [7, 11) is 0. The molecule has 0 rings (SSSR count). The number of rotatable bonds is 3. The molecular weight excluding hydrogens is 128 g/mol. The summed E-state index contributed by atoms with van der Waals surface area (Å²) in [6.45, 7) is 3.35. The van der Waals surface area contributed by atoms with Crippen molar-refractivity contribution in [2.24, 2.45) is 0 Å². The van der Waals surface area contributed by atoms with Gasteiger partial charge < -0.3 is 4.74 Å². The largest absolute Gasteiger partial charge is 0.449 e. The minimum Gasteiger partial charge on any atom is -0.449 e. The highest BCUT2D eigenvalue weighted by molar-refractivity contribution is 5.66. The Labute approximate surface area is 61.6 Å². The van der Waals surface area contributed by atoms with Gasteiger partial charge in [-0.25, -0.2) is 0 Å². The maximum Gasteiger partial charge on any atom is 0.303 e. The molecule has 56 valence electrons. The highest BCUT2D eigenvalue weighted by atomic mass is 16.5. The molecular formula is C8H12O2. The summed E-state index contributed by atoms with van der Waals surface area (Å²) in [5.41, 5.74) is 0. The Morgan fingerprint density at radius 1 is 1.80 bits per heavy atom. The first-order valence-corrected chi connectivity index (χ1v) is 3.34. The molecule has 0 aromatic rings. The van der Waals surface area contributed by atoms with Crippen molar-refractivity contribution in [1.29, 1.82) is 0 Å². The number of ether oxygens (including phenoxy) is 1. The predicted molar refractivity (Wildman–Crippen MR) is 39.3 cm³/mol. The first kappa shape index (κ1) is 9.03. The highest BCUT2D eigenvalue weighted by Crippen LogP contribution is 2.00. The Balaban J connectivity index is 3.63. The van der Waals surface area contributed by atoms with E-state index in [-0.39, 0.29) is 12.1 Å². The predicted octanol–water partition coefficient (Wildman–Crippen LogP) is 1.35. The van der Waals surface area contributed by atoms with Crippen LogP contribution in [0.2, 0.25) is 0 Å². The topological polar surface area (TPSA) is 26.3 Å². The maximum atomic E-state index is 10.4. The molecule has 0 aliphatic carbocycles. The van der Waals surface area contributed by atoms with Crippen molar-refractivity contribution in [1.82, 2.24) is 0 Å². The molecule has 0 spiro atoms. The quantitative estimate of drug-likeness (QED) is 0.437. The van der Waals surface area contributed by atoms with E-state index in [0.29, 0.717) is 0 Å². The summed E-state index contributed by atoms with van der Waals surface area (Å²) in [6.07, 6.45) is 6.43. The molecule has 0 heterocycles. The molecule has 0 saturated heterocycles. The summed E-state index contributed by atoms with van der Waals surface area (Å²) in [5.74, 6) is 2.08. The monoisotopic (exact) mass is 140 g/mol. The Morgan fingerprint density at radius 3 is 2.70 bits per heavy atom. The van der Waals surface area contributed by atoms with Crippen LogP contribution in [0.1, 0.15) is 26.7 Å². The van der Waals surface area contributed by atoms with E-state index in [1.807, 2.05) is 6.92 Å². The molecule has 0 amide bonds. The van der Waals surface area contributed by atoms with E-state index in [9.17, 15) is 4.79 Å². The summed E-state index contributed by atoms with van der Waals surface area (Å²) >= 11 is 0. The van der Waals surface area contributed by atoms with Crippen molar-refractivity contribution >= 4 is 5.97 Å². The van der Waals surface area contributed by atoms with Crippen LogP contribution in [0.15, 0.2) is 0 Å². The molecule has 0 aromatic heterocycles. The molecule has 0 N–H and O–H groups in total. The van der Waals surface area contributed by atoms with Gasteiger partial charge in [-0.1, -0.05) is 19.3 Å². The SMILES string of the molecule is C#C[C@@H](CCC)OC(C)=O. The van der Waals surface area contributed by atoms with Crippen LogP contribution in [-0.2, 0) is 9.53 Å². The van der Waals surface area contributed by atoms with Gasteiger partial charge in [0.05, 0.1) is 0 Å². The number of carbonyl (C=O) groups excluding carboxylic acids is 1. The first-order valence-electron chi connectivity index (χ1n) is 3.34. The van der Waals surface area contributed by atoms with Gasteiger partial charge in [-0.2, -0.15) is 0 Å². The lowest BCUT2D eigenvalue weighted by atomic mass is 10.2. The second kappa shape index (κ2) is 4.87. The van der Waals surface area contributed by atoms with Crippen LogP contribution in [0.25, 0.3) is 0 Å². The third kappa shape index (κ3) is 3.96. The zero-order valence-electron chi connectivity index (χ0n) is 6.39. The van der Waals surface area contributed by atoms with E-state index in [2.05, 4.69) is 5.92 Å². The molecule has 1 atom stereocenters. The number of terminal acetylenes is 1. The van der Waals surface area contributed by atoms with Crippen LogP contribution in [-0.4, -0.2) is 12.1 Å². The van der Waals surface area contributed by atoms with Crippen LogP contribution in [0, 0.1) is 12.3 Å². The lowest BCUT2D eigenvalue weighted by molar-refractivity contribution is -0.143. The summed E-state index contributed by atoms with van der Waals surface area (Å²) in [6, 6.07) is 0. The lowest BCUT2D eigenvalue weighted by Gasteiger charge is -2.07. The normalized spacial score (nSPS) is 11.7. The second-order valence-corrected chi connectivity index (χ2v) is 2.05. The van der Waals surface area contributed by atoms with Crippen LogP contribution >= 0.6 is 0 Å². The molecule has 0 fully saturated rings. The average Bonchev–Trinajstić information content (AvgIpc) is 1.86. The van der Waals surface area contributed by atoms with Crippen molar-refractivity contribution in [2.45, 2.75) is 32.8 Å². The third-order valence-electron chi connectivity index (χ3n) is 1.04. The molecule has 0 bridgehead atoms. The van der Waals surface area contributed by atoms with Gasteiger partial charge in [0.15, 0.2) is 6.10 Å². The zero-order chi connectivity index (χ0) is 7.98. The minimum absolute atomic E-state index is 0.309. The van der Waals surface area contributed by atoms with Crippen molar-refractivity contribution in [3.8, 4) is 12.3 Å². The Hall–Kier alpha value is -0.970. The number of carbonyl (C=O) groups is 1. The Kier molecular flexibility index (Phi) is 4.39. The molecule has 0 saturated carbocycles. The van der Waals surface area contributed by atoms with Gasteiger partial charge in [-0.15, -0.1) is 6.42 Å². The van der Waals surface area contributed by atoms with E-state index in [4.69, 9.17) is 11.2 Å². The Bertz CT molecular complexity index is 144. The van der Waals surface area contributed by atoms with E-state index < -0.39 is 0 Å². The van der Waals surface area contributed by atoms with E-state index in [0.717, 1.165) is 12.8 Å². The number of hydrogen-bond donors (Lipinski definition) is 0. The molecule has 2 heteroatoms. The average molecular weight is 140 g/mol. The zero-order valence-corrected chi connectivity index (χ0v) is 6.39. The van der Waals surface area contributed by atoms with Gasteiger partial charge in [0.25, 0.3) is 0 Å². The van der Waals surface area contributed by atoms with Gasteiger partial charge in [-0.05, 0) is 6.42 Å². The summed E-state index contributed by atoms with van der Waals surface area (Å²) in [5, 5.41) is 0. The third-order valence-corrected chi connectivity index (χ3v) is 1.04. The molecule has 10 heavy (non-hydrogen) atoms. The highest BCUT2D eigenvalue weighted by Gasteiger charge is 2.04. The fraction of sp³-hybridized carbons (Fsp3) is 0.625. The van der Waals surface area contributed by atoms with Gasteiger partial charge in [0.2, 0.25) is 0 Å². The van der Waals surface area contributed by atoms with Gasteiger partial charge >= 0.3 is 5.97 Å². The van der Waals surface area contributed by atoms with Crippen LogP contribution in [0.4, 0.5) is 0 Å². The minimum atomic E-state index is -0.331.